The molecular formula is C21H25FN4O3S. The maximum atomic E-state index is 13.1. The Balaban J connectivity index is 1.37. The Bertz CT molecular complexity index is 990. The van der Waals surface area contributed by atoms with Crippen molar-refractivity contribution in [2.45, 2.75) is 43.2 Å². The van der Waals surface area contributed by atoms with Gasteiger partial charge in [0.15, 0.2) is 0 Å². The number of hydrogen-bond donors (Lipinski definition) is 1. The second kappa shape index (κ2) is 8.69. The minimum absolute atomic E-state index is 0.0499. The first kappa shape index (κ1) is 20.7. The third-order valence-electron chi connectivity index (χ3n) is 5.60. The lowest BCUT2D eigenvalue weighted by Gasteiger charge is -2.25. The van der Waals surface area contributed by atoms with Crippen molar-refractivity contribution in [1.82, 2.24) is 14.2 Å². The number of hydrogen-bond acceptors (Lipinski definition) is 5. The van der Waals surface area contributed by atoms with Crippen LogP contribution in [0.15, 0.2) is 47.5 Å². The van der Waals surface area contributed by atoms with E-state index in [1.807, 2.05) is 0 Å². The van der Waals surface area contributed by atoms with Crippen molar-refractivity contribution in [2.75, 3.05) is 25.0 Å². The van der Waals surface area contributed by atoms with E-state index in [0.717, 1.165) is 24.8 Å². The molecule has 2 saturated heterocycles. The fraction of sp³-hybridized carbons (Fsp3) is 0.429. The minimum Gasteiger partial charge on any atom is -0.358 e. The van der Waals surface area contributed by atoms with E-state index >= 15 is 0 Å². The number of carbonyl (C=O) groups excluding carboxylic acids is 1. The molecule has 2 aromatic rings. The molecular weight excluding hydrogens is 407 g/mol. The first-order valence-electron chi connectivity index (χ1n) is 10.2. The molecule has 1 aromatic carbocycles. The van der Waals surface area contributed by atoms with E-state index in [0.29, 0.717) is 38.4 Å². The molecule has 30 heavy (non-hydrogen) atoms. The number of amides is 1. The van der Waals surface area contributed by atoms with Crippen LogP contribution in [0.3, 0.4) is 0 Å². The summed E-state index contributed by atoms with van der Waals surface area (Å²) < 4.78 is 40.0. The number of anilines is 1. The number of sulfonamides is 1. The van der Waals surface area contributed by atoms with Crippen LogP contribution in [-0.4, -0.2) is 54.2 Å². The monoisotopic (exact) mass is 432 g/mol. The molecule has 7 nitrogen and oxygen atoms in total. The molecule has 9 heteroatoms. The van der Waals surface area contributed by atoms with Gasteiger partial charge in [-0.2, -0.15) is 4.31 Å². The van der Waals surface area contributed by atoms with E-state index < -0.39 is 16.1 Å². The predicted molar refractivity (Wildman–Crippen MR) is 111 cm³/mol. The smallest absolute Gasteiger partial charge is 0.245 e. The zero-order valence-corrected chi connectivity index (χ0v) is 17.4. The van der Waals surface area contributed by atoms with Crippen molar-refractivity contribution in [3.63, 3.8) is 0 Å². The summed E-state index contributed by atoms with van der Waals surface area (Å²) in [5.41, 5.74) is 0.871. The van der Waals surface area contributed by atoms with Crippen LogP contribution >= 0.6 is 0 Å². The van der Waals surface area contributed by atoms with Crippen molar-refractivity contribution in [1.29, 1.82) is 0 Å². The Morgan fingerprint density at radius 1 is 1.03 bits per heavy atom. The highest BCUT2D eigenvalue weighted by molar-refractivity contribution is 7.89. The number of carbonyl (C=O) groups is 1. The number of aromatic nitrogens is 1. The fourth-order valence-corrected chi connectivity index (χ4v) is 5.35. The molecule has 2 aliphatic heterocycles. The van der Waals surface area contributed by atoms with Crippen LogP contribution in [0.1, 0.15) is 31.2 Å². The summed E-state index contributed by atoms with van der Waals surface area (Å²) in [5, 5.41) is 3.10. The third kappa shape index (κ3) is 4.46. The number of likely N-dealkylation sites (tertiary alicyclic amines) is 1. The van der Waals surface area contributed by atoms with E-state index in [2.05, 4.69) is 10.3 Å². The highest BCUT2D eigenvalue weighted by atomic mass is 32.2. The lowest BCUT2D eigenvalue weighted by molar-refractivity contribution is -0.128. The van der Waals surface area contributed by atoms with Crippen molar-refractivity contribution in [2.24, 2.45) is 0 Å². The number of nitrogens with zero attached hydrogens (tertiary/aromatic N) is 3. The van der Waals surface area contributed by atoms with Gasteiger partial charge in [0.2, 0.25) is 15.9 Å². The van der Waals surface area contributed by atoms with Crippen LogP contribution < -0.4 is 5.32 Å². The van der Waals surface area contributed by atoms with E-state index in [9.17, 15) is 17.6 Å². The molecule has 3 heterocycles. The largest absolute Gasteiger partial charge is 0.358 e. The van der Waals surface area contributed by atoms with Gasteiger partial charge in [-0.15, -0.1) is 0 Å². The molecule has 0 bridgehead atoms. The Labute approximate surface area is 176 Å². The van der Waals surface area contributed by atoms with E-state index in [-0.39, 0.29) is 16.6 Å². The summed E-state index contributed by atoms with van der Waals surface area (Å²) >= 11 is 0. The minimum atomic E-state index is -3.52. The van der Waals surface area contributed by atoms with Crippen molar-refractivity contribution < 1.29 is 17.6 Å². The standard InChI is InChI=1S/C21H25FN4O3S/c22-17-6-4-16(5-7-17)15-25-13-10-19(21(25)27)24-20-9-8-18(14-23-20)30(28,29)26-11-2-1-3-12-26/h4-9,14,19H,1-3,10-13,15H2,(H,23,24). The first-order valence-corrected chi connectivity index (χ1v) is 11.6. The van der Waals surface area contributed by atoms with Crippen LogP contribution in [0.4, 0.5) is 10.2 Å². The van der Waals surface area contributed by atoms with Crippen LogP contribution in [-0.2, 0) is 21.4 Å². The topological polar surface area (TPSA) is 82.6 Å². The molecule has 0 radical (unpaired) electrons. The quantitative estimate of drug-likeness (QED) is 0.759. The highest BCUT2D eigenvalue weighted by Crippen LogP contribution is 2.22. The molecule has 160 valence electrons. The summed E-state index contributed by atoms with van der Waals surface area (Å²) in [5.74, 6) is 0.114. The van der Waals surface area contributed by atoms with E-state index in [4.69, 9.17) is 0 Å². The van der Waals surface area contributed by atoms with Gasteiger partial charge in [0.05, 0.1) is 0 Å². The zero-order valence-electron chi connectivity index (χ0n) is 16.6. The fourth-order valence-electron chi connectivity index (χ4n) is 3.89. The molecule has 1 aromatic heterocycles. The van der Waals surface area contributed by atoms with Gasteiger partial charge in [-0.25, -0.2) is 17.8 Å². The maximum Gasteiger partial charge on any atom is 0.245 e. The summed E-state index contributed by atoms with van der Waals surface area (Å²) in [6.07, 6.45) is 4.78. The van der Waals surface area contributed by atoms with Gasteiger partial charge in [-0.1, -0.05) is 18.6 Å². The zero-order chi connectivity index (χ0) is 21.1. The summed E-state index contributed by atoms with van der Waals surface area (Å²) in [7, 11) is -3.52. The second-order valence-electron chi connectivity index (χ2n) is 7.72. The summed E-state index contributed by atoms with van der Waals surface area (Å²) in [4.78, 5) is 18.8. The summed E-state index contributed by atoms with van der Waals surface area (Å²) in [6.45, 7) is 2.11. The van der Waals surface area contributed by atoms with Gasteiger partial charge in [0.1, 0.15) is 22.6 Å². The normalized spacial score (nSPS) is 20.5. The second-order valence-corrected chi connectivity index (χ2v) is 9.65. The number of benzene rings is 1. The van der Waals surface area contributed by atoms with Gasteiger partial charge in [-0.05, 0) is 49.1 Å². The van der Waals surface area contributed by atoms with Gasteiger partial charge < -0.3 is 10.2 Å². The lowest BCUT2D eigenvalue weighted by Crippen LogP contribution is -2.35. The third-order valence-corrected chi connectivity index (χ3v) is 7.48. The van der Waals surface area contributed by atoms with Crippen molar-refractivity contribution in [3.8, 4) is 0 Å². The number of halogens is 1. The van der Waals surface area contributed by atoms with Gasteiger partial charge in [0.25, 0.3) is 0 Å². The molecule has 0 aliphatic carbocycles. The van der Waals surface area contributed by atoms with Crippen LogP contribution in [0.25, 0.3) is 0 Å². The Kier molecular flexibility index (Phi) is 6.01. The van der Waals surface area contributed by atoms with Crippen LogP contribution in [0.2, 0.25) is 0 Å². The van der Waals surface area contributed by atoms with E-state index in [1.54, 1.807) is 23.1 Å². The Morgan fingerprint density at radius 3 is 2.43 bits per heavy atom. The molecule has 1 unspecified atom stereocenters. The number of pyridine rings is 1. The molecule has 0 saturated carbocycles. The molecule has 1 N–H and O–H groups in total. The van der Waals surface area contributed by atoms with Crippen LogP contribution in [0, 0.1) is 5.82 Å². The number of rotatable bonds is 6. The number of piperidine rings is 1. The average Bonchev–Trinajstić information content (AvgIpc) is 3.10. The van der Waals surface area contributed by atoms with E-state index in [1.165, 1.54) is 28.7 Å². The molecule has 2 fully saturated rings. The van der Waals surface area contributed by atoms with Crippen LogP contribution in [0.5, 0.6) is 0 Å². The molecule has 0 spiro atoms. The van der Waals surface area contributed by atoms with Gasteiger partial charge in [0, 0.05) is 32.4 Å². The molecule has 2 aliphatic rings. The summed E-state index contributed by atoms with van der Waals surface area (Å²) in [6, 6.07) is 8.84. The molecule has 1 amide bonds. The lowest BCUT2D eigenvalue weighted by atomic mass is 10.2. The average molecular weight is 433 g/mol. The van der Waals surface area contributed by atoms with Crippen molar-refractivity contribution >= 4 is 21.7 Å². The Morgan fingerprint density at radius 2 is 1.77 bits per heavy atom. The molecule has 1 atom stereocenters. The SMILES string of the molecule is O=C1C(Nc2ccc(S(=O)(=O)N3CCCCC3)cn2)CCN1Cc1ccc(F)cc1. The van der Waals surface area contributed by atoms with Gasteiger partial charge in [-0.3, -0.25) is 4.79 Å². The predicted octanol–water partition coefficient (Wildman–Crippen LogP) is 2.61. The first-order chi connectivity index (χ1) is 14.4. The van der Waals surface area contributed by atoms with Gasteiger partial charge >= 0.3 is 0 Å². The number of nitrogens with one attached hydrogen (secondary N) is 1. The maximum absolute atomic E-state index is 13.1. The highest BCUT2D eigenvalue weighted by Gasteiger charge is 2.32. The van der Waals surface area contributed by atoms with Crippen molar-refractivity contribution in [3.05, 3.63) is 54.0 Å². The Hall–Kier alpha value is -2.52. The molecule has 4 rings (SSSR count).